The first kappa shape index (κ1) is 15.7. The molecule has 0 radical (unpaired) electrons. The number of nitro benzene ring substituents is 1. The molecule has 1 aliphatic heterocycles. The van der Waals surface area contributed by atoms with Crippen LogP contribution in [0.4, 0.5) is 17.1 Å². The third-order valence-electron chi connectivity index (χ3n) is 3.81. The Balaban J connectivity index is 1.81. The Morgan fingerprint density at radius 2 is 2.00 bits per heavy atom. The normalized spacial score (nSPS) is 13.4. The van der Waals surface area contributed by atoms with Gasteiger partial charge in [0, 0.05) is 35.5 Å². The Bertz CT molecular complexity index is 832. The lowest BCUT2D eigenvalue weighted by atomic mass is 10.0. The quantitative estimate of drug-likeness (QED) is 0.668. The molecule has 122 valence electrons. The van der Waals surface area contributed by atoms with E-state index in [4.69, 9.17) is 0 Å². The highest BCUT2D eigenvalue weighted by molar-refractivity contribution is 6.05. The van der Waals surface area contributed by atoms with Crippen LogP contribution in [-0.2, 0) is 11.2 Å². The highest BCUT2D eigenvalue weighted by Gasteiger charge is 2.16. The van der Waals surface area contributed by atoms with Crippen molar-refractivity contribution in [3.63, 3.8) is 0 Å². The molecule has 1 aliphatic rings. The third kappa shape index (κ3) is 3.40. The van der Waals surface area contributed by atoms with E-state index in [9.17, 15) is 19.7 Å². The minimum Gasteiger partial charge on any atom is -0.326 e. The molecule has 0 saturated heterocycles. The van der Waals surface area contributed by atoms with Crippen molar-refractivity contribution in [2.24, 2.45) is 0 Å². The lowest BCUT2D eigenvalue weighted by Gasteiger charge is -2.10. The average Bonchev–Trinajstić information content (AvgIpc) is 2.74. The van der Waals surface area contributed by atoms with Crippen LogP contribution in [0.2, 0.25) is 0 Å². The van der Waals surface area contributed by atoms with E-state index in [1.807, 2.05) is 0 Å². The second kappa shape index (κ2) is 6.49. The van der Waals surface area contributed by atoms with Crippen LogP contribution in [0.15, 0.2) is 42.5 Å². The number of aryl methyl sites for hydroxylation is 1. The molecular formula is C17H15N3O4. The SMILES string of the molecule is O=C1CCCc2cc(C(=O)Nc3cccc([N+](=O)[O-])c3)ccc2N1. The predicted octanol–water partition coefficient (Wildman–Crippen LogP) is 3.12. The number of carbonyl (C=O) groups excluding carboxylic acids is 2. The summed E-state index contributed by atoms with van der Waals surface area (Å²) in [5, 5.41) is 16.3. The van der Waals surface area contributed by atoms with Gasteiger partial charge >= 0.3 is 0 Å². The van der Waals surface area contributed by atoms with E-state index < -0.39 is 4.92 Å². The molecule has 24 heavy (non-hydrogen) atoms. The molecule has 0 fully saturated rings. The summed E-state index contributed by atoms with van der Waals surface area (Å²) in [6.45, 7) is 0. The lowest BCUT2D eigenvalue weighted by molar-refractivity contribution is -0.384. The third-order valence-corrected chi connectivity index (χ3v) is 3.81. The van der Waals surface area contributed by atoms with Gasteiger partial charge in [-0.05, 0) is 42.7 Å². The van der Waals surface area contributed by atoms with Crippen LogP contribution in [0.25, 0.3) is 0 Å². The number of rotatable bonds is 3. The molecule has 0 spiro atoms. The number of amides is 2. The number of non-ortho nitro benzene ring substituents is 1. The Morgan fingerprint density at radius 1 is 1.17 bits per heavy atom. The molecule has 0 bridgehead atoms. The zero-order valence-corrected chi connectivity index (χ0v) is 12.7. The predicted molar refractivity (Wildman–Crippen MR) is 89.1 cm³/mol. The van der Waals surface area contributed by atoms with Gasteiger partial charge in [0.05, 0.1) is 4.92 Å². The van der Waals surface area contributed by atoms with Crippen LogP contribution in [0.5, 0.6) is 0 Å². The van der Waals surface area contributed by atoms with Crippen LogP contribution in [0.1, 0.15) is 28.8 Å². The summed E-state index contributed by atoms with van der Waals surface area (Å²) in [6.07, 6.45) is 1.91. The van der Waals surface area contributed by atoms with Gasteiger partial charge in [0.25, 0.3) is 11.6 Å². The number of nitro groups is 1. The van der Waals surface area contributed by atoms with Crippen molar-refractivity contribution >= 4 is 28.9 Å². The summed E-state index contributed by atoms with van der Waals surface area (Å²) in [5.41, 5.74) is 2.35. The fourth-order valence-corrected chi connectivity index (χ4v) is 2.62. The molecule has 0 aliphatic carbocycles. The summed E-state index contributed by atoms with van der Waals surface area (Å²) in [5.74, 6) is -0.378. The first-order valence-corrected chi connectivity index (χ1v) is 7.51. The van der Waals surface area contributed by atoms with Crippen molar-refractivity contribution in [3.8, 4) is 0 Å². The Kier molecular flexibility index (Phi) is 4.24. The summed E-state index contributed by atoms with van der Waals surface area (Å²) >= 11 is 0. The number of nitrogens with zero attached hydrogens (tertiary/aromatic N) is 1. The average molecular weight is 325 g/mol. The van der Waals surface area contributed by atoms with E-state index in [1.165, 1.54) is 18.2 Å². The van der Waals surface area contributed by atoms with Gasteiger partial charge in [-0.1, -0.05) is 6.07 Å². The molecule has 1 heterocycles. The second-order valence-electron chi connectivity index (χ2n) is 5.54. The van der Waals surface area contributed by atoms with Gasteiger partial charge in [-0.15, -0.1) is 0 Å². The smallest absolute Gasteiger partial charge is 0.271 e. The maximum absolute atomic E-state index is 12.4. The van der Waals surface area contributed by atoms with Crippen LogP contribution >= 0.6 is 0 Å². The zero-order valence-electron chi connectivity index (χ0n) is 12.7. The molecule has 7 heteroatoms. The summed E-state index contributed by atoms with van der Waals surface area (Å²) in [7, 11) is 0. The van der Waals surface area contributed by atoms with E-state index in [0.717, 1.165) is 17.7 Å². The monoisotopic (exact) mass is 325 g/mol. The number of fused-ring (bicyclic) bond motifs is 1. The lowest BCUT2D eigenvalue weighted by Crippen LogP contribution is -2.13. The van der Waals surface area contributed by atoms with Crippen LogP contribution < -0.4 is 10.6 Å². The molecular weight excluding hydrogens is 310 g/mol. The highest BCUT2D eigenvalue weighted by Crippen LogP contribution is 2.24. The molecule has 3 rings (SSSR count). The Morgan fingerprint density at radius 3 is 2.79 bits per heavy atom. The molecule has 2 aromatic carbocycles. The van der Waals surface area contributed by atoms with Gasteiger partial charge in [0.15, 0.2) is 0 Å². The van der Waals surface area contributed by atoms with Crippen molar-refractivity contribution in [3.05, 3.63) is 63.7 Å². The van der Waals surface area contributed by atoms with Gasteiger partial charge < -0.3 is 10.6 Å². The largest absolute Gasteiger partial charge is 0.326 e. The van der Waals surface area contributed by atoms with Crippen molar-refractivity contribution in [2.75, 3.05) is 10.6 Å². The van der Waals surface area contributed by atoms with Crippen LogP contribution in [-0.4, -0.2) is 16.7 Å². The maximum atomic E-state index is 12.4. The van der Waals surface area contributed by atoms with E-state index in [-0.39, 0.29) is 17.5 Å². The van der Waals surface area contributed by atoms with E-state index in [0.29, 0.717) is 24.1 Å². The van der Waals surface area contributed by atoms with E-state index in [1.54, 1.807) is 24.3 Å². The molecule has 7 nitrogen and oxygen atoms in total. The number of carbonyl (C=O) groups is 2. The molecule has 0 saturated carbocycles. The Labute approximate surface area is 137 Å². The summed E-state index contributed by atoms with van der Waals surface area (Å²) in [4.78, 5) is 34.2. The first-order valence-electron chi connectivity index (χ1n) is 7.51. The highest BCUT2D eigenvalue weighted by atomic mass is 16.6. The van der Waals surface area contributed by atoms with Gasteiger partial charge in [-0.2, -0.15) is 0 Å². The van der Waals surface area contributed by atoms with Gasteiger partial charge in [-0.25, -0.2) is 0 Å². The van der Waals surface area contributed by atoms with Crippen molar-refractivity contribution in [1.82, 2.24) is 0 Å². The number of nitrogens with one attached hydrogen (secondary N) is 2. The van der Waals surface area contributed by atoms with Crippen LogP contribution in [0, 0.1) is 10.1 Å². The minimum atomic E-state index is -0.513. The van der Waals surface area contributed by atoms with Gasteiger partial charge in [-0.3, -0.25) is 19.7 Å². The first-order chi connectivity index (χ1) is 11.5. The molecule has 2 N–H and O–H groups in total. The van der Waals surface area contributed by atoms with E-state index in [2.05, 4.69) is 10.6 Å². The van der Waals surface area contributed by atoms with Crippen LogP contribution in [0.3, 0.4) is 0 Å². The topological polar surface area (TPSA) is 101 Å². The van der Waals surface area contributed by atoms with Gasteiger partial charge in [0.1, 0.15) is 0 Å². The van der Waals surface area contributed by atoms with E-state index >= 15 is 0 Å². The minimum absolute atomic E-state index is 0.0254. The maximum Gasteiger partial charge on any atom is 0.271 e. The number of anilines is 2. The second-order valence-corrected chi connectivity index (χ2v) is 5.54. The number of hydrogen-bond donors (Lipinski definition) is 2. The van der Waals surface area contributed by atoms with Crippen molar-refractivity contribution in [1.29, 1.82) is 0 Å². The zero-order chi connectivity index (χ0) is 17.1. The molecule has 2 amide bonds. The fraction of sp³-hybridized carbons (Fsp3) is 0.176. The fourth-order valence-electron chi connectivity index (χ4n) is 2.62. The van der Waals surface area contributed by atoms with Gasteiger partial charge in [0.2, 0.25) is 5.91 Å². The molecule has 2 aromatic rings. The summed E-state index contributed by atoms with van der Waals surface area (Å²) < 4.78 is 0. The molecule has 0 unspecified atom stereocenters. The molecule has 0 aromatic heterocycles. The standard InChI is InChI=1S/C17H15N3O4/c21-16-6-1-3-11-9-12(7-8-15(11)19-16)17(22)18-13-4-2-5-14(10-13)20(23)24/h2,4-5,7-10H,1,3,6H2,(H,18,22)(H,19,21). The van der Waals surface area contributed by atoms with Crippen molar-refractivity contribution in [2.45, 2.75) is 19.3 Å². The number of benzene rings is 2. The molecule has 0 atom stereocenters. The van der Waals surface area contributed by atoms with Crippen molar-refractivity contribution < 1.29 is 14.5 Å². The number of hydrogen-bond acceptors (Lipinski definition) is 4. The Hall–Kier alpha value is -3.22. The summed E-state index contributed by atoms with van der Waals surface area (Å²) in [6, 6.07) is 10.9.